The average molecular weight is 246 g/mol. The van der Waals surface area contributed by atoms with E-state index in [-0.39, 0.29) is 0 Å². The van der Waals surface area contributed by atoms with Crippen LogP contribution in [0.15, 0.2) is 30.3 Å². The molecular weight excluding hydrogens is 230 g/mol. The Morgan fingerprint density at radius 1 is 1.24 bits per heavy atom. The smallest absolute Gasteiger partial charge is 0.0487 e. The maximum Gasteiger partial charge on any atom is 0.0487 e. The molecule has 0 saturated heterocycles. The van der Waals surface area contributed by atoms with Gasteiger partial charge in [-0.15, -0.1) is 0 Å². The van der Waals surface area contributed by atoms with Crippen LogP contribution in [0.4, 0.5) is 0 Å². The van der Waals surface area contributed by atoms with E-state index in [1.807, 2.05) is 7.05 Å². The number of aryl methyl sites for hydroxylation is 1. The van der Waals surface area contributed by atoms with Crippen molar-refractivity contribution in [2.75, 3.05) is 7.05 Å². The second kappa shape index (κ2) is 4.32. The van der Waals surface area contributed by atoms with Gasteiger partial charge in [-0.1, -0.05) is 35.9 Å². The van der Waals surface area contributed by atoms with Crippen molar-refractivity contribution in [3.63, 3.8) is 0 Å². The van der Waals surface area contributed by atoms with Gasteiger partial charge in [0.15, 0.2) is 0 Å². The molecule has 1 unspecified atom stereocenters. The van der Waals surface area contributed by atoms with Crippen LogP contribution in [0.3, 0.4) is 0 Å². The quantitative estimate of drug-likeness (QED) is 0.810. The minimum absolute atomic E-state index is 0.604. The lowest BCUT2D eigenvalue weighted by Gasteiger charge is -2.26. The molecule has 88 valence electrons. The van der Waals surface area contributed by atoms with E-state index in [1.165, 1.54) is 28.3 Å². The minimum atomic E-state index is 0.604. The highest BCUT2D eigenvalue weighted by Crippen LogP contribution is 2.33. The lowest BCUT2D eigenvalue weighted by Crippen LogP contribution is -2.31. The number of rotatable bonds is 1. The lowest BCUT2D eigenvalue weighted by atomic mass is 9.85. The van der Waals surface area contributed by atoms with Crippen molar-refractivity contribution in [1.29, 1.82) is 0 Å². The van der Waals surface area contributed by atoms with Gasteiger partial charge in [0.05, 0.1) is 0 Å². The molecule has 2 aromatic rings. The van der Waals surface area contributed by atoms with E-state index in [9.17, 15) is 0 Å². The van der Waals surface area contributed by atoms with Crippen molar-refractivity contribution in [1.82, 2.24) is 5.32 Å². The number of benzene rings is 2. The number of fused-ring (bicyclic) bond motifs is 3. The largest absolute Gasteiger partial charge is 0.317 e. The molecule has 0 aliphatic heterocycles. The molecule has 0 fully saturated rings. The van der Waals surface area contributed by atoms with Crippen LogP contribution in [0.2, 0.25) is 5.02 Å². The van der Waals surface area contributed by atoms with E-state index in [4.69, 9.17) is 11.6 Å². The second-order valence-electron chi connectivity index (χ2n) is 4.77. The highest BCUT2D eigenvalue weighted by Gasteiger charge is 2.20. The summed E-state index contributed by atoms with van der Waals surface area (Å²) in [4.78, 5) is 0. The fourth-order valence-corrected chi connectivity index (χ4v) is 3.13. The predicted octanol–water partition coefficient (Wildman–Crippen LogP) is 3.57. The number of nitrogens with one attached hydrogen (secondary N) is 1. The first-order chi connectivity index (χ1) is 8.29. The summed E-state index contributed by atoms with van der Waals surface area (Å²) < 4.78 is 0. The van der Waals surface area contributed by atoms with Crippen molar-refractivity contribution >= 4 is 22.4 Å². The summed E-state index contributed by atoms with van der Waals surface area (Å²) in [6, 6.07) is 11.2. The molecule has 0 bridgehead atoms. The molecule has 0 amide bonds. The summed E-state index contributed by atoms with van der Waals surface area (Å²) >= 11 is 6.35. The van der Waals surface area contributed by atoms with Crippen molar-refractivity contribution < 1.29 is 0 Å². The summed E-state index contributed by atoms with van der Waals surface area (Å²) in [6.07, 6.45) is 3.45. The molecule has 0 heterocycles. The molecule has 2 heteroatoms. The van der Waals surface area contributed by atoms with E-state index in [0.29, 0.717) is 6.04 Å². The Hall–Kier alpha value is -1.05. The predicted molar refractivity (Wildman–Crippen MR) is 73.8 cm³/mol. The number of hydrogen-bond donors (Lipinski definition) is 1. The van der Waals surface area contributed by atoms with Crippen LogP contribution in [0, 0.1) is 0 Å². The van der Waals surface area contributed by atoms with Crippen LogP contribution in [-0.2, 0) is 12.8 Å². The Kier molecular flexibility index (Phi) is 2.81. The number of hydrogen-bond acceptors (Lipinski definition) is 1. The zero-order valence-electron chi connectivity index (χ0n) is 9.96. The van der Waals surface area contributed by atoms with Crippen molar-refractivity contribution in [3.05, 3.63) is 46.5 Å². The van der Waals surface area contributed by atoms with Gasteiger partial charge in [0, 0.05) is 16.5 Å². The van der Waals surface area contributed by atoms with Crippen LogP contribution < -0.4 is 5.32 Å². The van der Waals surface area contributed by atoms with Crippen LogP contribution in [0.5, 0.6) is 0 Å². The standard InChI is InChI=1S/C15H16ClN/c1-17-11-7-6-10-8-15(16)13-5-3-2-4-12(13)14(10)9-11/h2-5,8,11,17H,6-7,9H2,1H3. The summed E-state index contributed by atoms with van der Waals surface area (Å²) in [5.41, 5.74) is 2.91. The van der Waals surface area contributed by atoms with Crippen molar-refractivity contribution in [3.8, 4) is 0 Å². The molecule has 1 nitrogen and oxygen atoms in total. The Morgan fingerprint density at radius 3 is 2.76 bits per heavy atom. The minimum Gasteiger partial charge on any atom is -0.317 e. The molecule has 0 saturated carbocycles. The SMILES string of the molecule is CNC1CCc2cc(Cl)c3ccccc3c2C1. The summed E-state index contributed by atoms with van der Waals surface area (Å²) in [7, 11) is 2.05. The summed E-state index contributed by atoms with van der Waals surface area (Å²) in [5, 5.41) is 6.80. The molecule has 1 aliphatic carbocycles. The van der Waals surface area contributed by atoms with Gasteiger partial charge in [0.25, 0.3) is 0 Å². The van der Waals surface area contributed by atoms with Crippen LogP contribution in [-0.4, -0.2) is 13.1 Å². The third kappa shape index (κ3) is 1.84. The van der Waals surface area contributed by atoms with Gasteiger partial charge in [-0.2, -0.15) is 0 Å². The molecular formula is C15H16ClN. The van der Waals surface area contributed by atoms with Crippen molar-refractivity contribution in [2.24, 2.45) is 0 Å². The van der Waals surface area contributed by atoms with E-state index in [1.54, 1.807) is 0 Å². The second-order valence-corrected chi connectivity index (χ2v) is 5.18. The highest BCUT2D eigenvalue weighted by molar-refractivity contribution is 6.35. The third-order valence-electron chi connectivity index (χ3n) is 3.82. The van der Waals surface area contributed by atoms with Gasteiger partial charge in [0.1, 0.15) is 0 Å². The van der Waals surface area contributed by atoms with Gasteiger partial charge in [-0.25, -0.2) is 0 Å². The molecule has 1 atom stereocenters. The zero-order chi connectivity index (χ0) is 11.8. The Balaban J connectivity index is 2.23. The first-order valence-electron chi connectivity index (χ1n) is 6.16. The van der Waals surface area contributed by atoms with E-state index in [2.05, 4.69) is 35.6 Å². The molecule has 1 N–H and O–H groups in total. The summed E-state index contributed by atoms with van der Waals surface area (Å²) in [6.45, 7) is 0. The number of halogens is 1. The van der Waals surface area contributed by atoms with Gasteiger partial charge < -0.3 is 5.32 Å². The fraction of sp³-hybridized carbons (Fsp3) is 0.333. The van der Waals surface area contributed by atoms with Gasteiger partial charge in [-0.3, -0.25) is 0 Å². The molecule has 0 radical (unpaired) electrons. The maximum atomic E-state index is 6.35. The van der Waals surface area contributed by atoms with Gasteiger partial charge >= 0.3 is 0 Å². The van der Waals surface area contributed by atoms with Crippen molar-refractivity contribution in [2.45, 2.75) is 25.3 Å². The first kappa shape index (κ1) is 11.1. The monoisotopic (exact) mass is 245 g/mol. The lowest BCUT2D eigenvalue weighted by molar-refractivity contribution is 0.498. The molecule has 2 aromatic carbocycles. The third-order valence-corrected chi connectivity index (χ3v) is 4.13. The van der Waals surface area contributed by atoms with Crippen LogP contribution in [0.1, 0.15) is 17.5 Å². The molecule has 1 aliphatic rings. The van der Waals surface area contributed by atoms with E-state index >= 15 is 0 Å². The van der Waals surface area contributed by atoms with Crippen LogP contribution in [0.25, 0.3) is 10.8 Å². The van der Waals surface area contributed by atoms with Crippen LogP contribution >= 0.6 is 11.6 Å². The topological polar surface area (TPSA) is 12.0 Å². The maximum absolute atomic E-state index is 6.35. The molecule has 3 rings (SSSR count). The van der Waals surface area contributed by atoms with E-state index in [0.717, 1.165) is 17.9 Å². The molecule has 0 spiro atoms. The van der Waals surface area contributed by atoms with Gasteiger partial charge in [-0.05, 0) is 48.9 Å². The van der Waals surface area contributed by atoms with E-state index < -0.39 is 0 Å². The Morgan fingerprint density at radius 2 is 2.00 bits per heavy atom. The highest BCUT2D eigenvalue weighted by atomic mass is 35.5. The van der Waals surface area contributed by atoms with Gasteiger partial charge in [0.2, 0.25) is 0 Å². The first-order valence-corrected chi connectivity index (χ1v) is 6.53. The average Bonchev–Trinajstić information content (AvgIpc) is 2.39. The fourth-order valence-electron chi connectivity index (χ4n) is 2.83. The molecule has 17 heavy (non-hydrogen) atoms. The zero-order valence-corrected chi connectivity index (χ0v) is 10.7. The normalized spacial score (nSPS) is 19.3. The number of likely N-dealkylation sites (N-methyl/N-ethyl adjacent to an activating group) is 1. The Labute approximate surface area is 107 Å². The Bertz CT molecular complexity index is 562. The summed E-state index contributed by atoms with van der Waals surface area (Å²) in [5.74, 6) is 0. The molecule has 0 aromatic heterocycles.